The van der Waals surface area contributed by atoms with Gasteiger partial charge in [0.2, 0.25) is 0 Å². The van der Waals surface area contributed by atoms with E-state index < -0.39 is 5.97 Å². The van der Waals surface area contributed by atoms with E-state index in [0.29, 0.717) is 6.10 Å². The second kappa shape index (κ2) is 6.63. The van der Waals surface area contributed by atoms with E-state index in [2.05, 4.69) is 16.8 Å². The molecule has 1 saturated heterocycles. The number of likely N-dealkylation sites (N-methyl/N-ethyl adjacent to an activating group) is 1. The van der Waals surface area contributed by atoms with Crippen LogP contribution < -0.4 is 0 Å². The van der Waals surface area contributed by atoms with Gasteiger partial charge in [-0.25, -0.2) is 9.78 Å². The topological polar surface area (TPSA) is 62.7 Å². The van der Waals surface area contributed by atoms with Gasteiger partial charge in [0.15, 0.2) is 0 Å². The third-order valence-corrected chi connectivity index (χ3v) is 3.38. The van der Waals surface area contributed by atoms with E-state index in [1.165, 1.54) is 0 Å². The number of carboxylic acids is 1. The molecule has 5 heteroatoms. The summed E-state index contributed by atoms with van der Waals surface area (Å²) in [6, 6.07) is 3.51. The van der Waals surface area contributed by atoms with Gasteiger partial charge in [-0.1, -0.05) is 6.92 Å². The Balaban J connectivity index is 1.96. The van der Waals surface area contributed by atoms with Crippen LogP contribution in [0.1, 0.15) is 35.8 Å². The largest absolute Gasteiger partial charge is 0.477 e. The maximum absolute atomic E-state index is 10.9. The number of ether oxygens (including phenoxy) is 1. The monoisotopic (exact) mass is 264 g/mol. The van der Waals surface area contributed by atoms with Crippen LogP contribution in [0.5, 0.6) is 0 Å². The van der Waals surface area contributed by atoms with E-state index in [9.17, 15) is 4.79 Å². The molecular formula is C14H20N2O3. The summed E-state index contributed by atoms with van der Waals surface area (Å²) in [5.74, 6) is -0.982. The lowest BCUT2D eigenvalue weighted by atomic mass is 10.2. The maximum Gasteiger partial charge on any atom is 0.354 e. The fraction of sp³-hybridized carbons (Fsp3) is 0.571. The molecular weight excluding hydrogens is 244 g/mol. The summed E-state index contributed by atoms with van der Waals surface area (Å²) >= 11 is 0. The van der Waals surface area contributed by atoms with Crippen LogP contribution in [-0.2, 0) is 11.3 Å². The van der Waals surface area contributed by atoms with Crippen molar-refractivity contribution in [2.45, 2.75) is 32.4 Å². The first kappa shape index (κ1) is 14.0. The van der Waals surface area contributed by atoms with Crippen molar-refractivity contribution in [2.75, 3.05) is 19.7 Å². The highest BCUT2D eigenvalue weighted by Gasteiger charge is 2.18. The summed E-state index contributed by atoms with van der Waals surface area (Å²) < 4.78 is 5.64. The summed E-state index contributed by atoms with van der Waals surface area (Å²) in [6.45, 7) is 5.53. The average Bonchev–Trinajstić information content (AvgIpc) is 2.91. The molecule has 0 bridgehead atoms. The summed E-state index contributed by atoms with van der Waals surface area (Å²) in [6.07, 6.45) is 4.13. The Labute approximate surface area is 113 Å². The van der Waals surface area contributed by atoms with Crippen LogP contribution in [0, 0.1) is 0 Å². The quantitative estimate of drug-likeness (QED) is 0.848. The number of carboxylic acid groups (broad SMARTS) is 1. The molecule has 1 N–H and O–H groups in total. The number of nitrogens with zero attached hydrogens (tertiary/aromatic N) is 2. The van der Waals surface area contributed by atoms with Crippen LogP contribution >= 0.6 is 0 Å². The highest BCUT2D eigenvalue weighted by atomic mass is 16.5. The zero-order chi connectivity index (χ0) is 13.7. The third kappa shape index (κ3) is 4.01. The van der Waals surface area contributed by atoms with Crippen LogP contribution in [0.4, 0.5) is 0 Å². The number of hydrogen-bond donors (Lipinski definition) is 1. The van der Waals surface area contributed by atoms with Crippen molar-refractivity contribution in [1.29, 1.82) is 0 Å². The maximum atomic E-state index is 10.9. The number of rotatable bonds is 6. The van der Waals surface area contributed by atoms with E-state index in [-0.39, 0.29) is 5.69 Å². The second-order valence-corrected chi connectivity index (χ2v) is 4.82. The molecule has 19 heavy (non-hydrogen) atoms. The highest BCUT2D eigenvalue weighted by molar-refractivity contribution is 5.85. The van der Waals surface area contributed by atoms with Crippen LogP contribution in [0.15, 0.2) is 18.3 Å². The molecule has 1 atom stereocenters. The molecule has 1 aromatic rings. The van der Waals surface area contributed by atoms with Crippen molar-refractivity contribution < 1.29 is 14.6 Å². The van der Waals surface area contributed by atoms with Crippen molar-refractivity contribution in [1.82, 2.24) is 9.88 Å². The first-order valence-corrected chi connectivity index (χ1v) is 6.71. The van der Waals surface area contributed by atoms with Gasteiger partial charge >= 0.3 is 5.97 Å². The number of pyridine rings is 1. The SMILES string of the molecule is CCN(Cc1ccnc(C(=O)O)c1)CC1CCCO1. The molecule has 104 valence electrons. The van der Waals surface area contributed by atoms with Gasteiger partial charge in [0.25, 0.3) is 0 Å². The lowest BCUT2D eigenvalue weighted by Crippen LogP contribution is -2.31. The Morgan fingerprint density at radius 3 is 3.11 bits per heavy atom. The molecule has 2 rings (SSSR count). The van der Waals surface area contributed by atoms with Crippen LogP contribution in [0.25, 0.3) is 0 Å². The van der Waals surface area contributed by atoms with E-state index >= 15 is 0 Å². The summed E-state index contributed by atoms with van der Waals surface area (Å²) in [4.78, 5) is 17.0. The molecule has 1 fully saturated rings. The Morgan fingerprint density at radius 2 is 2.47 bits per heavy atom. The van der Waals surface area contributed by atoms with E-state index in [1.807, 2.05) is 6.07 Å². The molecule has 1 aromatic heterocycles. The molecule has 0 radical (unpaired) electrons. The molecule has 1 unspecified atom stereocenters. The minimum Gasteiger partial charge on any atom is -0.477 e. The Hall–Kier alpha value is -1.46. The molecule has 1 aliphatic rings. The van der Waals surface area contributed by atoms with Gasteiger partial charge in [-0.3, -0.25) is 4.90 Å². The van der Waals surface area contributed by atoms with E-state index in [0.717, 1.165) is 44.6 Å². The third-order valence-electron chi connectivity index (χ3n) is 3.38. The van der Waals surface area contributed by atoms with Crippen LogP contribution in [0.2, 0.25) is 0 Å². The van der Waals surface area contributed by atoms with Crippen molar-refractivity contribution in [2.24, 2.45) is 0 Å². The van der Waals surface area contributed by atoms with Gasteiger partial charge in [-0.2, -0.15) is 0 Å². The number of carbonyl (C=O) groups is 1. The molecule has 5 nitrogen and oxygen atoms in total. The zero-order valence-electron chi connectivity index (χ0n) is 11.2. The predicted molar refractivity (Wildman–Crippen MR) is 71.1 cm³/mol. The Morgan fingerprint density at radius 1 is 1.63 bits per heavy atom. The number of aromatic nitrogens is 1. The normalized spacial score (nSPS) is 18.9. The standard InChI is InChI=1S/C14H20N2O3/c1-2-16(10-12-4-3-7-19-12)9-11-5-6-15-13(8-11)14(17)18/h5-6,8,12H,2-4,7,9-10H2,1H3,(H,17,18). The van der Waals surface area contributed by atoms with Crippen LogP contribution in [-0.4, -0.2) is 46.8 Å². The molecule has 0 aromatic carbocycles. The smallest absolute Gasteiger partial charge is 0.354 e. The summed E-state index contributed by atoms with van der Waals surface area (Å²) in [5.41, 5.74) is 1.08. The minimum atomic E-state index is -0.982. The van der Waals surface area contributed by atoms with Gasteiger partial charge in [-0.05, 0) is 37.1 Å². The van der Waals surface area contributed by atoms with E-state index in [4.69, 9.17) is 9.84 Å². The fourth-order valence-electron chi connectivity index (χ4n) is 2.33. The first-order valence-electron chi connectivity index (χ1n) is 6.71. The zero-order valence-corrected chi connectivity index (χ0v) is 11.2. The van der Waals surface area contributed by atoms with Crippen molar-refractivity contribution in [3.8, 4) is 0 Å². The molecule has 0 amide bonds. The average molecular weight is 264 g/mol. The number of hydrogen-bond acceptors (Lipinski definition) is 4. The van der Waals surface area contributed by atoms with Gasteiger partial charge in [0.1, 0.15) is 5.69 Å². The van der Waals surface area contributed by atoms with E-state index in [1.54, 1.807) is 12.3 Å². The summed E-state index contributed by atoms with van der Waals surface area (Å²) in [5, 5.41) is 8.93. The number of aromatic carboxylic acids is 1. The molecule has 0 spiro atoms. The highest BCUT2D eigenvalue weighted by Crippen LogP contribution is 2.15. The predicted octanol–water partition coefficient (Wildman–Crippen LogP) is 1.78. The second-order valence-electron chi connectivity index (χ2n) is 4.82. The summed E-state index contributed by atoms with van der Waals surface area (Å²) in [7, 11) is 0. The van der Waals surface area contributed by atoms with Gasteiger partial charge in [-0.15, -0.1) is 0 Å². The van der Waals surface area contributed by atoms with Gasteiger partial charge in [0, 0.05) is 25.9 Å². The molecule has 0 saturated carbocycles. The van der Waals surface area contributed by atoms with Gasteiger partial charge in [0.05, 0.1) is 6.10 Å². The van der Waals surface area contributed by atoms with Crippen molar-refractivity contribution in [3.05, 3.63) is 29.6 Å². The van der Waals surface area contributed by atoms with Crippen molar-refractivity contribution in [3.63, 3.8) is 0 Å². The molecule has 1 aliphatic heterocycles. The lowest BCUT2D eigenvalue weighted by molar-refractivity contribution is 0.0686. The Kier molecular flexibility index (Phi) is 4.87. The Bertz CT molecular complexity index is 430. The van der Waals surface area contributed by atoms with Crippen LogP contribution in [0.3, 0.4) is 0 Å². The first-order chi connectivity index (χ1) is 9.19. The molecule has 0 aliphatic carbocycles. The van der Waals surface area contributed by atoms with Crippen molar-refractivity contribution >= 4 is 5.97 Å². The fourth-order valence-corrected chi connectivity index (χ4v) is 2.33. The van der Waals surface area contributed by atoms with Gasteiger partial charge < -0.3 is 9.84 Å². The minimum absolute atomic E-state index is 0.102. The lowest BCUT2D eigenvalue weighted by Gasteiger charge is -2.23. The molecule has 2 heterocycles.